The molecule has 1 rings (SSSR count). The molecule has 102 valence electrons. The van der Waals surface area contributed by atoms with Crippen LogP contribution in [-0.2, 0) is 6.42 Å². The maximum Gasteiger partial charge on any atom is 0.0164 e. The highest BCUT2D eigenvalue weighted by Gasteiger charge is 2.10. The second-order valence-corrected chi connectivity index (χ2v) is 6.23. The molecule has 0 amide bonds. The molecule has 0 aliphatic rings. The van der Waals surface area contributed by atoms with Gasteiger partial charge in [0.05, 0.1) is 0 Å². The molecule has 1 unspecified atom stereocenters. The summed E-state index contributed by atoms with van der Waals surface area (Å²) in [6.45, 7) is 13.0. The van der Waals surface area contributed by atoms with Crippen molar-refractivity contribution in [3.63, 3.8) is 0 Å². The molecule has 0 bridgehead atoms. The third-order valence-corrected chi connectivity index (χ3v) is 2.93. The fourth-order valence-corrected chi connectivity index (χ4v) is 1.86. The summed E-state index contributed by atoms with van der Waals surface area (Å²) in [5, 5.41) is 7.08. The van der Waals surface area contributed by atoms with Crippen LogP contribution in [0.2, 0.25) is 0 Å². The number of nitrogens with one attached hydrogen (secondary N) is 2. The number of rotatable bonds is 6. The van der Waals surface area contributed by atoms with Crippen molar-refractivity contribution in [2.24, 2.45) is 0 Å². The molecular formula is C16H28N2. The topological polar surface area (TPSA) is 24.1 Å². The van der Waals surface area contributed by atoms with Gasteiger partial charge in [-0.2, -0.15) is 0 Å². The summed E-state index contributed by atoms with van der Waals surface area (Å²) in [5.74, 6) is 0. The highest BCUT2D eigenvalue weighted by Crippen LogP contribution is 2.04. The van der Waals surface area contributed by atoms with Gasteiger partial charge in [-0.3, -0.25) is 0 Å². The molecule has 1 aromatic carbocycles. The van der Waals surface area contributed by atoms with Crippen LogP contribution in [0.4, 0.5) is 0 Å². The minimum Gasteiger partial charge on any atom is -0.313 e. The van der Waals surface area contributed by atoms with Gasteiger partial charge in [0, 0.05) is 18.1 Å². The van der Waals surface area contributed by atoms with Crippen molar-refractivity contribution < 1.29 is 0 Å². The van der Waals surface area contributed by atoms with E-state index in [-0.39, 0.29) is 5.54 Å². The second-order valence-electron chi connectivity index (χ2n) is 6.23. The van der Waals surface area contributed by atoms with Crippen LogP contribution in [0.1, 0.15) is 38.8 Å². The fraction of sp³-hybridized carbons (Fsp3) is 0.625. The molecule has 2 heteroatoms. The summed E-state index contributed by atoms with van der Waals surface area (Å²) < 4.78 is 0. The molecule has 0 aliphatic heterocycles. The summed E-state index contributed by atoms with van der Waals surface area (Å²) in [6.07, 6.45) is 1.10. The lowest BCUT2D eigenvalue weighted by molar-refractivity contribution is 0.389. The first-order chi connectivity index (χ1) is 8.37. The van der Waals surface area contributed by atoms with Gasteiger partial charge in [0.2, 0.25) is 0 Å². The summed E-state index contributed by atoms with van der Waals surface area (Å²) in [5.41, 5.74) is 2.96. The van der Waals surface area contributed by atoms with Crippen LogP contribution in [0.15, 0.2) is 24.3 Å². The van der Waals surface area contributed by atoms with E-state index in [0.717, 1.165) is 19.5 Å². The predicted octanol–water partition coefficient (Wildman–Crippen LogP) is 2.90. The van der Waals surface area contributed by atoms with Crippen molar-refractivity contribution in [3.8, 4) is 0 Å². The zero-order chi connectivity index (χ0) is 13.6. The van der Waals surface area contributed by atoms with Crippen LogP contribution in [0, 0.1) is 6.92 Å². The Morgan fingerprint density at radius 1 is 1.22 bits per heavy atom. The third-order valence-electron chi connectivity index (χ3n) is 2.93. The number of hydrogen-bond donors (Lipinski definition) is 2. The molecule has 0 saturated heterocycles. The van der Waals surface area contributed by atoms with E-state index in [1.807, 2.05) is 0 Å². The largest absolute Gasteiger partial charge is 0.313 e. The summed E-state index contributed by atoms with van der Waals surface area (Å²) in [7, 11) is 0. The lowest BCUT2D eigenvalue weighted by atomic mass is 10.1. The maximum absolute atomic E-state index is 3.56. The maximum atomic E-state index is 3.56. The van der Waals surface area contributed by atoms with E-state index < -0.39 is 0 Å². The van der Waals surface area contributed by atoms with Gasteiger partial charge in [0.25, 0.3) is 0 Å². The zero-order valence-electron chi connectivity index (χ0n) is 12.5. The van der Waals surface area contributed by atoms with Crippen LogP contribution >= 0.6 is 0 Å². The van der Waals surface area contributed by atoms with E-state index in [1.54, 1.807) is 0 Å². The molecule has 2 nitrogen and oxygen atoms in total. The Morgan fingerprint density at radius 2 is 1.94 bits per heavy atom. The molecule has 0 radical (unpaired) electrons. The molecule has 18 heavy (non-hydrogen) atoms. The second kappa shape index (κ2) is 6.91. The SMILES string of the molecule is Cc1cccc(CCNC(C)CNC(C)(C)C)c1. The Labute approximate surface area is 112 Å². The molecule has 0 aliphatic carbocycles. The molecule has 0 fully saturated rings. The first kappa shape index (κ1) is 15.2. The van der Waals surface area contributed by atoms with Crippen molar-refractivity contribution in [3.05, 3.63) is 35.4 Å². The lowest BCUT2D eigenvalue weighted by Crippen LogP contribution is -2.44. The summed E-state index contributed by atoms with van der Waals surface area (Å²) in [6, 6.07) is 9.25. The van der Waals surface area contributed by atoms with E-state index >= 15 is 0 Å². The predicted molar refractivity (Wildman–Crippen MR) is 80.1 cm³/mol. The molecule has 2 N–H and O–H groups in total. The van der Waals surface area contributed by atoms with Crippen molar-refractivity contribution in [2.75, 3.05) is 13.1 Å². The van der Waals surface area contributed by atoms with Crippen molar-refractivity contribution in [2.45, 2.75) is 52.6 Å². The summed E-state index contributed by atoms with van der Waals surface area (Å²) in [4.78, 5) is 0. The van der Waals surface area contributed by atoms with Gasteiger partial charge in [-0.25, -0.2) is 0 Å². The monoisotopic (exact) mass is 248 g/mol. The average molecular weight is 248 g/mol. The molecule has 0 saturated carbocycles. The van der Waals surface area contributed by atoms with Crippen molar-refractivity contribution in [1.29, 1.82) is 0 Å². The van der Waals surface area contributed by atoms with Gasteiger partial charge < -0.3 is 10.6 Å². The van der Waals surface area contributed by atoms with E-state index in [4.69, 9.17) is 0 Å². The minimum absolute atomic E-state index is 0.201. The number of hydrogen-bond acceptors (Lipinski definition) is 2. The standard InChI is InChI=1S/C16H28N2/c1-13-7-6-8-15(11-13)9-10-17-14(2)12-18-16(3,4)5/h6-8,11,14,17-18H,9-10,12H2,1-5H3. The zero-order valence-corrected chi connectivity index (χ0v) is 12.5. The fourth-order valence-electron chi connectivity index (χ4n) is 1.86. The van der Waals surface area contributed by atoms with Crippen molar-refractivity contribution >= 4 is 0 Å². The highest BCUT2D eigenvalue weighted by atomic mass is 15.0. The highest BCUT2D eigenvalue weighted by molar-refractivity contribution is 5.22. The van der Waals surface area contributed by atoms with E-state index in [2.05, 4.69) is 69.5 Å². The molecule has 0 heterocycles. The van der Waals surface area contributed by atoms with E-state index in [1.165, 1.54) is 11.1 Å². The molecule has 1 atom stereocenters. The van der Waals surface area contributed by atoms with Crippen molar-refractivity contribution in [1.82, 2.24) is 10.6 Å². The first-order valence-corrected chi connectivity index (χ1v) is 6.91. The Bertz CT molecular complexity index is 352. The quantitative estimate of drug-likeness (QED) is 0.809. The molecule has 1 aromatic rings. The van der Waals surface area contributed by atoms with Gasteiger partial charge >= 0.3 is 0 Å². The van der Waals surface area contributed by atoms with Crippen LogP contribution in [0.3, 0.4) is 0 Å². The third kappa shape index (κ3) is 6.77. The average Bonchev–Trinajstić information content (AvgIpc) is 2.25. The first-order valence-electron chi connectivity index (χ1n) is 6.91. The van der Waals surface area contributed by atoms with E-state index in [9.17, 15) is 0 Å². The van der Waals surface area contributed by atoms with Crippen LogP contribution < -0.4 is 10.6 Å². The Balaban J connectivity index is 2.21. The van der Waals surface area contributed by atoms with Crippen LogP contribution in [-0.4, -0.2) is 24.7 Å². The van der Waals surface area contributed by atoms with Gasteiger partial charge in [-0.05, 0) is 53.1 Å². The number of aryl methyl sites for hydroxylation is 1. The Hall–Kier alpha value is -0.860. The van der Waals surface area contributed by atoms with Gasteiger partial charge in [-0.15, -0.1) is 0 Å². The Morgan fingerprint density at radius 3 is 2.56 bits per heavy atom. The lowest BCUT2D eigenvalue weighted by Gasteiger charge is -2.24. The molecule has 0 aromatic heterocycles. The van der Waals surface area contributed by atoms with Gasteiger partial charge in [0.15, 0.2) is 0 Å². The minimum atomic E-state index is 0.201. The number of benzene rings is 1. The Kier molecular flexibility index (Phi) is 5.83. The summed E-state index contributed by atoms with van der Waals surface area (Å²) >= 11 is 0. The molecule has 0 spiro atoms. The molecular weight excluding hydrogens is 220 g/mol. The normalized spacial score (nSPS) is 13.6. The van der Waals surface area contributed by atoms with Gasteiger partial charge in [0.1, 0.15) is 0 Å². The van der Waals surface area contributed by atoms with Crippen LogP contribution in [0.5, 0.6) is 0 Å². The van der Waals surface area contributed by atoms with Gasteiger partial charge in [-0.1, -0.05) is 29.8 Å². The smallest absolute Gasteiger partial charge is 0.0164 e. The van der Waals surface area contributed by atoms with Crippen LogP contribution in [0.25, 0.3) is 0 Å². The van der Waals surface area contributed by atoms with E-state index in [0.29, 0.717) is 6.04 Å².